The second-order valence-corrected chi connectivity index (χ2v) is 10.2. The van der Waals surface area contributed by atoms with Crippen LogP contribution in [0.4, 0.5) is 4.79 Å². The Labute approximate surface area is 210 Å². The number of carbonyl (C=O) groups excluding carboxylic acids is 1. The Morgan fingerprint density at radius 3 is 2.06 bits per heavy atom. The minimum Gasteiger partial charge on any atom is -0.410 e. The molecule has 0 bridgehead atoms. The van der Waals surface area contributed by atoms with Crippen molar-refractivity contribution in [2.75, 3.05) is 6.54 Å². The standard InChI is InChI=1S/C28H32BrNO4/c1-21(22-14-16-24(29)17-15-22)30(26(31)34-25-12-8-5-9-13-25)19-18-28(33,20-27(2,3)32)23-10-6-4-7-11-23/h4-17,21,32-33H,18-20H2,1-3H3/t21-,28-/m0/s1. The van der Waals surface area contributed by atoms with Crippen molar-refractivity contribution in [3.63, 3.8) is 0 Å². The fourth-order valence-corrected chi connectivity index (χ4v) is 4.38. The third-order valence-electron chi connectivity index (χ3n) is 5.81. The molecule has 5 nitrogen and oxygen atoms in total. The van der Waals surface area contributed by atoms with Crippen molar-refractivity contribution in [3.05, 3.63) is 101 Å². The number of benzene rings is 3. The molecule has 0 spiro atoms. The van der Waals surface area contributed by atoms with E-state index in [-0.39, 0.29) is 25.4 Å². The largest absolute Gasteiger partial charge is 0.415 e. The summed E-state index contributed by atoms with van der Waals surface area (Å²) in [5.41, 5.74) is -0.787. The molecular formula is C28H32BrNO4. The molecule has 0 unspecified atom stereocenters. The highest BCUT2D eigenvalue weighted by molar-refractivity contribution is 9.10. The third-order valence-corrected chi connectivity index (χ3v) is 6.33. The number of carbonyl (C=O) groups is 1. The lowest BCUT2D eigenvalue weighted by Gasteiger charge is -2.37. The molecule has 3 aromatic rings. The van der Waals surface area contributed by atoms with Crippen molar-refractivity contribution >= 4 is 22.0 Å². The minimum absolute atomic E-state index is 0.123. The lowest BCUT2D eigenvalue weighted by Crippen LogP contribution is -2.42. The van der Waals surface area contributed by atoms with Gasteiger partial charge in [0.05, 0.1) is 17.2 Å². The van der Waals surface area contributed by atoms with Gasteiger partial charge in [0, 0.05) is 17.4 Å². The first kappa shape index (κ1) is 25.9. The Bertz CT molecular complexity index is 1050. The van der Waals surface area contributed by atoms with Crippen LogP contribution in [0, 0.1) is 0 Å². The number of ether oxygens (including phenoxy) is 1. The summed E-state index contributed by atoms with van der Waals surface area (Å²) in [6, 6.07) is 25.7. The maximum atomic E-state index is 13.3. The van der Waals surface area contributed by atoms with Gasteiger partial charge in [0.1, 0.15) is 5.75 Å². The van der Waals surface area contributed by atoms with E-state index in [4.69, 9.17) is 4.74 Å². The summed E-state index contributed by atoms with van der Waals surface area (Å²) in [6.45, 7) is 5.51. The van der Waals surface area contributed by atoms with Gasteiger partial charge in [-0.1, -0.05) is 76.6 Å². The fourth-order valence-electron chi connectivity index (χ4n) is 4.12. The van der Waals surface area contributed by atoms with Crippen molar-refractivity contribution in [3.8, 4) is 5.75 Å². The lowest BCUT2D eigenvalue weighted by atomic mass is 9.81. The SMILES string of the molecule is C[C@@H](c1ccc(Br)cc1)N(CC[C@](O)(CC(C)(C)O)c1ccccc1)C(=O)Oc1ccccc1. The van der Waals surface area contributed by atoms with Crippen LogP contribution < -0.4 is 4.74 Å². The molecule has 0 heterocycles. The van der Waals surface area contributed by atoms with E-state index < -0.39 is 17.3 Å². The highest BCUT2D eigenvalue weighted by Gasteiger charge is 2.37. The Balaban J connectivity index is 1.89. The van der Waals surface area contributed by atoms with Gasteiger partial charge >= 0.3 is 6.09 Å². The number of para-hydroxylation sites is 1. The maximum Gasteiger partial charge on any atom is 0.415 e. The first-order valence-corrected chi connectivity index (χ1v) is 12.2. The van der Waals surface area contributed by atoms with Gasteiger partial charge in [0.25, 0.3) is 0 Å². The third kappa shape index (κ3) is 7.16. The molecule has 0 aliphatic heterocycles. The second-order valence-electron chi connectivity index (χ2n) is 9.24. The molecule has 0 saturated carbocycles. The van der Waals surface area contributed by atoms with E-state index in [0.717, 1.165) is 10.0 Å². The monoisotopic (exact) mass is 525 g/mol. The van der Waals surface area contributed by atoms with Crippen molar-refractivity contribution in [1.82, 2.24) is 4.90 Å². The highest BCUT2D eigenvalue weighted by Crippen LogP contribution is 2.35. The number of aliphatic hydroxyl groups is 2. The minimum atomic E-state index is -1.33. The zero-order valence-electron chi connectivity index (χ0n) is 19.8. The number of nitrogens with zero attached hydrogens (tertiary/aromatic N) is 1. The summed E-state index contributed by atoms with van der Waals surface area (Å²) in [4.78, 5) is 14.9. The molecule has 0 radical (unpaired) electrons. The van der Waals surface area contributed by atoms with Crippen LogP contribution in [0.1, 0.15) is 50.8 Å². The van der Waals surface area contributed by atoms with E-state index in [2.05, 4.69) is 15.9 Å². The molecule has 0 aliphatic carbocycles. The van der Waals surface area contributed by atoms with Gasteiger partial charge in [-0.2, -0.15) is 0 Å². The smallest absolute Gasteiger partial charge is 0.410 e. The average Bonchev–Trinajstić information content (AvgIpc) is 2.79. The molecule has 0 saturated heterocycles. The summed E-state index contributed by atoms with van der Waals surface area (Å²) in [6.07, 6.45) is -0.149. The number of hydrogen-bond acceptors (Lipinski definition) is 4. The van der Waals surface area contributed by atoms with Crippen LogP contribution in [0.25, 0.3) is 0 Å². The number of halogens is 1. The number of hydrogen-bond donors (Lipinski definition) is 2. The molecule has 3 aromatic carbocycles. The van der Waals surface area contributed by atoms with Gasteiger partial charge in [-0.3, -0.25) is 0 Å². The van der Waals surface area contributed by atoms with Crippen molar-refractivity contribution in [2.24, 2.45) is 0 Å². The van der Waals surface area contributed by atoms with Gasteiger partial charge < -0.3 is 19.8 Å². The fraction of sp³-hybridized carbons (Fsp3) is 0.321. The molecule has 0 aromatic heterocycles. The van der Waals surface area contributed by atoms with E-state index in [1.165, 1.54) is 0 Å². The average molecular weight is 526 g/mol. The Kier molecular flexibility index (Phi) is 8.52. The van der Waals surface area contributed by atoms with E-state index in [1.807, 2.05) is 79.7 Å². The van der Waals surface area contributed by atoms with Gasteiger partial charge in [-0.15, -0.1) is 0 Å². The van der Waals surface area contributed by atoms with Crippen molar-refractivity contribution in [2.45, 2.75) is 50.9 Å². The molecule has 0 aliphatic rings. The predicted molar refractivity (Wildman–Crippen MR) is 138 cm³/mol. The van der Waals surface area contributed by atoms with E-state index in [1.54, 1.807) is 30.9 Å². The van der Waals surface area contributed by atoms with E-state index >= 15 is 0 Å². The van der Waals surface area contributed by atoms with Crippen LogP contribution in [0.3, 0.4) is 0 Å². The molecule has 34 heavy (non-hydrogen) atoms. The normalized spacial score (nSPS) is 14.2. The first-order valence-electron chi connectivity index (χ1n) is 11.4. The quantitative estimate of drug-likeness (QED) is 0.336. The summed E-state index contributed by atoms with van der Waals surface area (Å²) in [5, 5.41) is 22.2. The highest BCUT2D eigenvalue weighted by atomic mass is 79.9. The molecule has 1 amide bonds. The van der Waals surface area contributed by atoms with E-state index in [9.17, 15) is 15.0 Å². The molecule has 180 valence electrons. The van der Waals surface area contributed by atoms with Crippen LogP contribution in [0.15, 0.2) is 89.4 Å². The van der Waals surface area contributed by atoms with E-state index in [0.29, 0.717) is 11.3 Å². The Morgan fingerprint density at radius 1 is 0.941 bits per heavy atom. The second kappa shape index (κ2) is 11.2. The summed E-state index contributed by atoms with van der Waals surface area (Å²) in [5.74, 6) is 0.454. The predicted octanol–water partition coefficient (Wildman–Crippen LogP) is 6.45. The Hall–Kier alpha value is -2.67. The molecular weight excluding hydrogens is 494 g/mol. The summed E-state index contributed by atoms with van der Waals surface area (Å²) in [7, 11) is 0. The molecule has 6 heteroatoms. The zero-order valence-corrected chi connectivity index (χ0v) is 21.4. The first-order chi connectivity index (χ1) is 16.1. The van der Waals surface area contributed by atoms with Crippen LogP contribution in [0.5, 0.6) is 5.75 Å². The van der Waals surface area contributed by atoms with Crippen LogP contribution in [0.2, 0.25) is 0 Å². The van der Waals surface area contributed by atoms with Gasteiger partial charge in [-0.05, 0) is 62.6 Å². The summed E-state index contributed by atoms with van der Waals surface area (Å²) >= 11 is 3.45. The van der Waals surface area contributed by atoms with Gasteiger partial charge in [0.2, 0.25) is 0 Å². The lowest BCUT2D eigenvalue weighted by molar-refractivity contribution is -0.0598. The van der Waals surface area contributed by atoms with Crippen molar-refractivity contribution < 1.29 is 19.7 Å². The molecule has 3 rings (SSSR count). The molecule has 2 atom stereocenters. The van der Waals surface area contributed by atoms with Crippen molar-refractivity contribution in [1.29, 1.82) is 0 Å². The zero-order chi connectivity index (χ0) is 24.8. The Morgan fingerprint density at radius 2 is 1.50 bits per heavy atom. The van der Waals surface area contributed by atoms with Crippen LogP contribution in [-0.2, 0) is 5.60 Å². The van der Waals surface area contributed by atoms with Gasteiger partial charge in [-0.25, -0.2) is 4.79 Å². The van der Waals surface area contributed by atoms with Crippen LogP contribution >= 0.6 is 15.9 Å². The molecule has 2 N–H and O–H groups in total. The summed E-state index contributed by atoms with van der Waals surface area (Å²) < 4.78 is 6.61. The van der Waals surface area contributed by atoms with Gasteiger partial charge in [0.15, 0.2) is 0 Å². The maximum absolute atomic E-state index is 13.3. The topological polar surface area (TPSA) is 70.0 Å². The number of amides is 1. The molecule has 0 fully saturated rings. The number of rotatable bonds is 9. The van der Waals surface area contributed by atoms with Crippen LogP contribution in [-0.4, -0.2) is 33.4 Å².